The van der Waals surface area contributed by atoms with Crippen LogP contribution in [0.15, 0.2) is 16.9 Å². The van der Waals surface area contributed by atoms with E-state index >= 15 is 0 Å². The number of nitrogens with two attached hydrogens (primary N) is 1. The average molecular weight is 234 g/mol. The van der Waals surface area contributed by atoms with E-state index in [-0.39, 0.29) is 5.56 Å². The van der Waals surface area contributed by atoms with Gasteiger partial charge in [0, 0.05) is 11.7 Å². The lowest BCUT2D eigenvalue weighted by Crippen LogP contribution is -2.29. The molecule has 0 saturated heterocycles. The molecule has 0 radical (unpaired) electrons. The Kier molecular flexibility index (Phi) is 3.87. The molecule has 2 rings (SSSR count). The Balaban J connectivity index is 2.41. The van der Waals surface area contributed by atoms with E-state index < -0.39 is 0 Å². The van der Waals surface area contributed by atoms with Gasteiger partial charge in [0.25, 0.3) is 5.56 Å². The quantitative estimate of drug-likeness (QED) is 0.800. The van der Waals surface area contributed by atoms with Crippen molar-refractivity contribution in [2.24, 2.45) is 0 Å². The summed E-state index contributed by atoms with van der Waals surface area (Å²) < 4.78 is 1.96. The number of pyridine rings is 1. The van der Waals surface area contributed by atoms with Gasteiger partial charge < -0.3 is 10.3 Å². The van der Waals surface area contributed by atoms with E-state index in [0.717, 1.165) is 25.0 Å². The minimum Gasteiger partial charge on any atom is -0.394 e. The van der Waals surface area contributed by atoms with E-state index in [4.69, 9.17) is 5.73 Å². The molecular weight excluding hydrogens is 212 g/mol. The van der Waals surface area contributed by atoms with E-state index in [1.54, 1.807) is 6.07 Å². The summed E-state index contributed by atoms with van der Waals surface area (Å²) in [4.78, 5) is 12.2. The van der Waals surface area contributed by atoms with Crippen LogP contribution in [0.4, 0.5) is 5.69 Å². The molecule has 94 valence electrons. The Labute approximate surface area is 103 Å². The first-order chi connectivity index (χ1) is 8.24. The van der Waals surface area contributed by atoms with E-state index in [1.165, 1.54) is 25.7 Å². The monoisotopic (exact) mass is 234 g/mol. The Morgan fingerprint density at radius 2 is 1.88 bits per heavy atom. The summed E-state index contributed by atoms with van der Waals surface area (Å²) in [6.07, 6.45) is 8.20. The number of aryl methyl sites for hydroxylation is 1. The molecule has 0 unspecified atom stereocenters. The highest BCUT2D eigenvalue weighted by atomic mass is 16.1. The first-order valence-corrected chi connectivity index (χ1v) is 6.74. The Hall–Kier alpha value is -1.25. The molecule has 2 N–H and O–H groups in total. The second-order valence-electron chi connectivity index (χ2n) is 4.95. The van der Waals surface area contributed by atoms with Crippen LogP contribution in [-0.2, 0) is 6.42 Å². The van der Waals surface area contributed by atoms with E-state index in [1.807, 2.05) is 10.6 Å². The molecule has 1 fully saturated rings. The topological polar surface area (TPSA) is 48.0 Å². The Morgan fingerprint density at radius 3 is 2.47 bits per heavy atom. The van der Waals surface area contributed by atoms with Gasteiger partial charge in [-0.05, 0) is 31.4 Å². The zero-order chi connectivity index (χ0) is 12.3. The van der Waals surface area contributed by atoms with Gasteiger partial charge in [-0.2, -0.15) is 0 Å². The van der Waals surface area contributed by atoms with Gasteiger partial charge in [-0.25, -0.2) is 0 Å². The fourth-order valence-corrected chi connectivity index (χ4v) is 2.81. The summed E-state index contributed by atoms with van der Waals surface area (Å²) in [5.41, 5.74) is 7.27. The van der Waals surface area contributed by atoms with Crippen molar-refractivity contribution in [3.63, 3.8) is 0 Å². The first kappa shape index (κ1) is 12.2. The highest BCUT2D eigenvalue weighted by Gasteiger charge is 2.18. The number of rotatable bonds is 2. The fraction of sp³-hybridized carbons (Fsp3) is 0.643. The number of hydrogen-bond donors (Lipinski definition) is 1. The molecule has 0 spiro atoms. The SMILES string of the molecule is CCc1ccc(N)c(=O)n1C1CCCCCC1. The maximum absolute atomic E-state index is 12.2. The third kappa shape index (κ3) is 2.54. The van der Waals surface area contributed by atoms with Crippen molar-refractivity contribution in [2.45, 2.75) is 57.9 Å². The largest absolute Gasteiger partial charge is 0.394 e. The van der Waals surface area contributed by atoms with E-state index in [0.29, 0.717) is 11.7 Å². The lowest BCUT2D eigenvalue weighted by atomic mass is 10.1. The number of nitrogen functional groups attached to an aromatic ring is 1. The van der Waals surface area contributed by atoms with Crippen molar-refractivity contribution in [3.05, 3.63) is 28.2 Å². The molecule has 1 aromatic rings. The van der Waals surface area contributed by atoms with E-state index in [2.05, 4.69) is 6.92 Å². The molecule has 0 aliphatic heterocycles. The molecule has 3 heteroatoms. The van der Waals surface area contributed by atoms with Crippen molar-refractivity contribution in [3.8, 4) is 0 Å². The minimum atomic E-state index is 0.0104. The molecule has 0 bridgehead atoms. The van der Waals surface area contributed by atoms with Crippen LogP contribution in [0, 0.1) is 0 Å². The van der Waals surface area contributed by atoms with Crippen molar-refractivity contribution in [2.75, 3.05) is 5.73 Å². The third-order valence-electron chi connectivity index (χ3n) is 3.78. The lowest BCUT2D eigenvalue weighted by molar-refractivity contribution is 0.421. The molecule has 1 saturated carbocycles. The maximum Gasteiger partial charge on any atom is 0.274 e. The number of aromatic nitrogens is 1. The molecular formula is C14H22N2O. The van der Waals surface area contributed by atoms with Gasteiger partial charge >= 0.3 is 0 Å². The van der Waals surface area contributed by atoms with Crippen molar-refractivity contribution in [1.82, 2.24) is 4.57 Å². The molecule has 1 heterocycles. The number of anilines is 1. The highest BCUT2D eigenvalue weighted by molar-refractivity contribution is 5.36. The predicted molar refractivity (Wildman–Crippen MR) is 71.2 cm³/mol. The maximum atomic E-state index is 12.2. The molecule has 17 heavy (non-hydrogen) atoms. The van der Waals surface area contributed by atoms with Gasteiger partial charge in [-0.1, -0.05) is 32.6 Å². The van der Waals surface area contributed by atoms with Crippen LogP contribution >= 0.6 is 0 Å². The molecule has 0 amide bonds. The Morgan fingerprint density at radius 1 is 1.24 bits per heavy atom. The predicted octanol–water partition coefficient (Wildman–Crippen LogP) is 2.89. The fourth-order valence-electron chi connectivity index (χ4n) is 2.81. The second kappa shape index (κ2) is 5.39. The van der Waals surface area contributed by atoms with Crippen LogP contribution in [0.2, 0.25) is 0 Å². The molecule has 1 aromatic heterocycles. The number of nitrogens with zero attached hydrogens (tertiary/aromatic N) is 1. The first-order valence-electron chi connectivity index (χ1n) is 6.74. The summed E-state index contributed by atoms with van der Waals surface area (Å²) in [5.74, 6) is 0. The molecule has 0 aromatic carbocycles. The van der Waals surface area contributed by atoms with Gasteiger partial charge in [-0.3, -0.25) is 4.79 Å². The van der Waals surface area contributed by atoms with Crippen LogP contribution < -0.4 is 11.3 Å². The molecule has 3 nitrogen and oxygen atoms in total. The van der Waals surface area contributed by atoms with Crippen molar-refractivity contribution < 1.29 is 0 Å². The van der Waals surface area contributed by atoms with Crippen LogP contribution in [0.1, 0.15) is 57.2 Å². The zero-order valence-electron chi connectivity index (χ0n) is 10.6. The molecule has 1 aliphatic rings. The van der Waals surface area contributed by atoms with E-state index in [9.17, 15) is 4.79 Å². The summed E-state index contributed by atoms with van der Waals surface area (Å²) in [7, 11) is 0. The zero-order valence-corrected chi connectivity index (χ0v) is 10.6. The Bertz CT molecular complexity index is 428. The summed E-state index contributed by atoms with van der Waals surface area (Å²) in [5, 5.41) is 0. The summed E-state index contributed by atoms with van der Waals surface area (Å²) in [6, 6.07) is 4.11. The van der Waals surface area contributed by atoms with Crippen LogP contribution in [0.25, 0.3) is 0 Å². The van der Waals surface area contributed by atoms with Gasteiger partial charge in [0.1, 0.15) is 0 Å². The van der Waals surface area contributed by atoms with Crippen LogP contribution in [0.5, 0.6) is 0 Å². The summed E-state index contributed by atoms with van der Waals surface area (Å²) >= 11 is 0. The van der Waals surface area contributed by atoms with Gasteiger partial charge in [0.05, 0.1) is 5.69 Å². The van der Waals surface area contributed by atoms with Gasteiger partial charge in [-0.15, -0.1) is 0 Å². The third-order valence-corrected chi connectivity index (χ3v) is 3.78. The van der Waals surface area contributed by atoms with Gasteiger partial charge in [0.2, 0.25) is 0 Å². The molecule has 1 aliphatic carbocycles. The average Bonchev–Trinajstić information content (AvgIpc) is 2.61. The van der Waals surface area contributed by atoms with Crippen LogP contribution in [-0.4, -0.2) is 4.57 Å². The second-order valence-corrected chi connectivity index (χ2v) is 4.95. The van der Waals surface area contributed by atoms with Crippen molar-refractivity contribution in [1.29, 1.82) is 0 Å². The summed E-state index contributed by atoms with van der Waals surface area (Å²) in [6.45, 7) is 2.10. The normalized spacial score (nSPS) is 17.9. The lowest BCUT2D eigenvalue weighted by Gasteiger charge is -2.21. The number of hydrogen-bond acceptors (Lipinski definition) is 2. The van der Waals surface area contributed by atoms with Gasteiger partial charge in [0.15, 0.2) is 0 Å². The molecule has 0 atom stereocenters. The van der Waals surface area contributed by atoms with Crippen LogP contribution in [0.3, 0.4) is 0 Å². The van der Waals surface area contributed by atoms with Crippen molar-refractivity contribution >= 4 is 5.69 Å². The smallest absolute Gasteiger partial charge is 0.274 e. The standard InChI is InChI=1S/C14H22N2O/c1-2-11-9-10-13(15)14(17)16(11)12-7-5-3-4-6-8-12/h9-10,12H,2-8,15H2,1H3. The highest BCUT2D eigenvalue weighted by Crippen LogP contribution is 2.27. The minimum absolute atomic E-state index is 0.0104.